The number of nitrogens with zero attached hydrogens (tertiary/aromatic N) is 3. The molecule has 3 rings (SSSR count). The molecule has 3 aliphatic rings. The summed E-state index contributed by atoms with van der Waals surface area (Å²) in [5.41, 5.74) is -0.695. The van der Waals surface area contributed by atoms with Crippen molar-refractivity contribution in [3.63, 3.8) is 0 Å². The Balaban J connectivity index is 2.07. The van der Waals surface area contributed by atoms with Gasteiger partial charge in [0.2, 0.25) is 5.91 Å². The minimum absolute atomic E-state index is 0.0485. The first-order valence-corrected chi connectivity index (χ1v) is 9.57. The van der Waals surface area contributed by atoms with Gasteiger partial charge in [-0.05, 0) is 40.6 Å². The molecule has 0 spiro atoms. The monoisotopic (exact) mass is 412 g/mol. The lowest BCUT2D eigenvalue weighted by Crippen LogP contribution is -2.69. The minimum Gasteiger partial charge on any atom is -0.350 e. The van der Waals surface area contributed by atoms with Gasteiger partial charge in [0.1, 0.15) is 10.5 Å². The first kappa shape index (κ1) is 18.8. The van der Waals surface area contributed by atoms with Crippen molar-refractivity contribution >= 4 is 32.8 Å². The van der Waals surface area contributed by atoms with Crippen LogP contribution in [0.15, 0.2) is 10.1 Å². The molecule has 0 radical (unpaired) electrons. The van der Waals surface area contributed by atoms with Crippen LogP contribution >= 0.6 is 15.9 Å². The molecule has 1 saturated heterocycles. The first-order chi connectivity index (χ1) is 11.3. The van der Waals surface area contributed by atoms with Gasteiger partial charge in [-0.1, -0.05) is 41.5 Å². The molecule has 7 heteroatoms. The van der Waals surface area contributed by atoms with E-state index in [9.17, 15) is 4.79 Å². The minimum atomic E-state index is -0.425. The van der Waals surface area contributed by atoms with E-state index in [1.54, 1.807) is 0 Å². The van der Waals surface area contributed by atoms with E-state index < -0.39 is 5.92 Å². The lowest BCUT2D eigenvalue weighted by molar-refractivity contribution is -0.327. The van der Waals surface area contributed by atoms with Gasteiger partial charge in [-0.2, -0.15) is 5.10 Å². The highest BCUT2D eigenvalue weighted by molar-refractivity contribution is 9.18. The van der Waals surface area contributed by atoms with Crippen molar-refractivity contribution in [2.24, 2.45) is 32.3 Å². The summed E-state index contributed by atoms with van der Waals surface area (Å²) in [5, 5.41) is 9.19. The lowest BCUT2D eigenvalue weighted by Gasteiger charge is -2.66. The van der Waals surface area contributed by atoms with Gasteiger partial charge < -0.3 is 10.1 Å². The summed E-state index contributed by atoms with van der Waals surface area (Å²) in [4.78, 5) is 16.7. The number of carbonyl (C=O) groups is 1. The van der Waals surface area contributed by atoms with Crippen molar-refractivity contribution in [1.82, 2.24) is 10.3 Å². The molecule has 3 aliphatic heterocycles. The zero-order chi connectivity index (χ0) is 19.0. The highest BCUT2D eigenvalue weighted by Gasteiger charge is 2.65. The van der Waals surface area contributed by atoms with Crippen molar-refractivity contribution in [2.75, 3.05) is 0 Å². The molecule has 1 amide bonds. The second kappa shape index (κ2) is 5.28. The van der Waals surface area contributed by atoms with Crippen LogP contribution in [-0.4, -0.2) is 39.9 Å². The summed E-state index contributed by atoms with van der Waals surface area (Å²) in [7, 11) is 0. The standard InChI is InChI=1S/C18H29BrN4O2/c1-15(2)14(25-18(7,8)17(5,6)16(15,3)4)23-12-10(11(19)22-23)13(24)21-9-20-12/h9-10,12,14H,1-8H3,(H,20,21,24). The summed E-state index contributed by atoms with van der Waals surface area (Å²) >= 11 is 3.46. The number of fused-ring (bicyclic) bond motifs is 1. The Morgan fingerprint density at radius 2 is 1.72 bits per heavy atom. The molecule has 3 unspecified atom stereocenters. The van der Waals surface area contributed by atoms with E-state index in [1.165, 1.54) is 6.34 Å². The SMILES string of the molecule is CC1(C)OC(N2N=C(Br)C3C(=O)NC=NC32)C(C)(C)C(C)(C)C1(C)C. The first-order valence-electron chi connectivity index (χ1n) is 8.78. The summed E-state index contributed by atoms with van der Waals surface area (Å²) < 4.78 is 7.25. The fraction of sp³-hybridized carbons (Fsp3) is 0.833. The molecule has 6 nitrogen and oxygen atoms in total. The Kier molecular flexibility index (Phi) is 3.98. The number of hydrogen-bond donors (Lipinski definition) is 1. The van der Waals surface area contributed by atoms with Crippen LogP contribution in [0.25, 0.3) is 0 Å². The molecular weight excluding hydrogens is 384 g/mol. The van der Waals surface area contributed by atoms with Crippen LogP contribution in [0.1, 0.15) is 55.4 Å². The van der Waals surface area contributed by atoms with E-state index >= 15 is 0 Å². The molecule has 0 aromatic heterocycles. The molecule has 1 N–H and O–H groups in total. The second-order valence-corrected chi connectivity index (χ2v) is 10.2. The average Bonchev–Trinajstić information content (AvgIpc) is 2.81. The van der Waals surface area contributed by atoms with Crippen LogP contribution in [0.3, 0.4) is 0 Å². The predicted octanol–water partition coefficient (Wildman–Crippen LogP) is 3.32. The average molecular weight is 413 g/mol. The zero-order valence-electron chi connectivity index (χ0n) is 16.3. The van der Waals surface area contributed by atoms with E-state index in [2.05, 4.69) is 86.7 Å². The van der Waals surface area contributed by atoms with Gasteiger partial charge >= 0.3 is 0 Å². The molecule has 0 aromatic rings. The van der Waals surface area contributed by atoms with Gasteiger partial charge in [-0.3, -0.25) is 4.79 Å². The van der Waals surface area contributed by atoms with E-state index in [1.807, 2.05) is 5.01 Å². The second-order valence-electron chi connectivity index (χ2n) is 9.43. The van der Waals surface area contributed by atoms with Gasteiger partial charge in [-0.15, -0.1) is 0 Å². The number of hydrogen-bond acceptors (Lipinski definition) is 5. The molecule has 25 heavy (non-hydrogen) atoms. The Morgan fingerprint density at radius 3 is 2.32 bits per heavy atom. The lowest BCUT2D eigenvalue weighted by atomic mass is 9.48. The van der Waals surface area contributed by atoms with Crippen LogP contribution in [0.4, 0.5) is 0 Å². The van der Waals surface area contributed by atoms with E-state index in [4.69, 9.17) is 4.74 Å². The summed E-state index contributed by atoms with van der Waals surface area (Å²) in [6.45, 7) is 17.9. The van der Waals surface area contributed by atoms with Gasteiger partial charge in [-0.25, -0.2) is 10.0 Å². The normalized spacial score (nSPS) is 37.3. The largest absolute Gasteiger partial charge is 0.350 e. The number of ether oxygens (including phenoxy) is 1. The van der Waals surface area contributed by atoms with Crippen LogP contribution < -0.4 is 5.32 Å². The number of carbonyl (C=O) groups excluding carboxylic acids is 1. The fourth-order valence-electron chi connectivity index (χ4n) is 4.19. The predicted molar refractivity (Wildman–Crippen MR) is 102 cm³/mol. The fourth-order valence-corrected chi connectivity index (χ4v) is 4.82. The van der Waals surface area contributed by atoms with Gasteiger partial charge in [0, 0.05) is 5.41 Å². The Morgan fingerprint density at radius 1 is 1.12 bits per heavy atom. The molecule has 140 valence electrons. The quantitative estimate of drug-likeness (QED) is 0.717. The van der Waals surface area contributed by atoms with Crippen molar-refractivity contribution in [1.29, 1.82) is 0 Å². The molecule has 1 fully saturated rings. The summed E-state index contributed by atoms with van der Waals surface area (Å²) in [6.07, 6.45) is 0.796. The van der Waals surface area contributed by atoms with Crippen molar-refractivity contribution in [2.45, 2.75) is 73.4 Å². The van der Waals surface area contributed by atoms with Crippen molar-refractivity contribution in [3.8, 4) is 0 Å². The maximum Gasteiger partial charge on any atom is 0.239 e. The highest BCUT2D eigenvalue weighted by atomic mass is 79.9. The number of rotatable bonds is 1. The molecular formula is C18H29BrN4O2. The van der Waals surface area contributed by atoms with Crippen LogP contribution in [0, 0.1) is 22.2 Å². The molecule has 0 bridgehead atoms. The number of hydrazone groups is 1. The number of halogens is 1. The molecule has 3 atom stereocenters. The van der Waals surface area contributed by atoms with Crippen LogP contribution in [0.5, 0.6) is 0 Å². The van der Waals surface area contributed by atoms with Crippen LogP contribution in [-0.2, 0) is 9.53 Å². The third-order valence-corrected chi connectivity index (χ3v) is 8.35. The Bertz CT molecular complexity index is 666. The van der Waals surface area contributed by atoms with E-state index in [0.717, 1.165) is 0 Å². The third kappa shape index (κ3) is 2.27. The van der Waals surface area contributed by atoms with E-state index in [-0.39, 0.29) is 40.1 Å². The van der Waals surface area contributed by atoms with Crippen molar-refractivity contribution < 1.29 is 9.53 Å². The molecule has 0 saturated carbocycles. The highest BCUT2D eigenvalue weighted by Crippen LogP contribution is 2.63. The van der Waals surface area contributed by atoms with Gasteiger partial charge in [0.25, 0.3) is 0 Å². The number of nitrogens with one attached hydrogen (secondary N) is 1. The topological polar surface area (TPSA) is 66.3 Å². The number of aliphatic imine (C=N–C) groups is 1. The number of amides is 1. The van der Waals surface area contributed by atoms with Crippen molar-refractivity contribution in [3.05, 3.63) is 0 Å². The summed E-state index contributed by atoms with van der Waals surface area (Å²) in [5.74, 6) is -0.517. The maximum atomic E-state index is 12.3. The third-order valence-electron chi connectivity index (χ3n) is 7.70. The zero-order valence-corrected chi connectivity index (χ0v) is 17.9. The Hall–Kier alpha value is -0.950. The smallest absolute Gasteiger partial charge is 0.239 e. The van der Waals surface area contributed by atoms with Crippen LogP contribution in [0.2, 0.25) is 0 Å². The summed E-state index contributed by atoms with van der Waals surface area (Å²) in [6, 6.07) is 0. The molecule has 3 heterocycles. The Labute approximate surface area is 158 Å². The molecule has 0 aromatic carbocycles. The molecule has 0 aliphatic carbocycles. The van der Waals surface area contributed by atoms with Gasteiger partial charge in [0.05, 0.1) is 11.9 Å². The van der Waals surface area contributed by atoms with E-state index in [0.29, 0.717) is 4.62 Å². The van der Waals surface area contributed by atoms with Gasteiger partial charge in [0.15, 0.2) is 12.4 Å². The maximum absolute atomic E-state index is 12.3.